The van der Waals surface area contributed by atoms with Crippen LogP contribution in [0.5, 0.6) is 0 Å². The first kappa shape index (κ1) is 20.9. The van der Waals surface area contributed by atoms with Gasteiger partial charge in [0.25, 0.3) is 5.91 Å². The van der Waals surface area contributed by atoms with E-state index in [1.54, 1.807) is 29.3 Å². The van der Waals surface area contributed by atoms with Crippen LogP contribution in [0.1, 0.15) is 34.8 Å². The predicted octanol–water partition coefficient (Wildman–Crippen LogP) is 4.97. The highest BCUT2D eigenvalue weighted by Gasteiger charge is 2.26. The summed E-state index contributed by atoms with van der Waals surface area (Å²) in [5, 5.41) is 10.8. The van der Waals surface area contributed by atoms with Crippen molar-refractivity contribution in [2.45, 2.75) is 25.8 Å². The minimum absolute atomic E-state index is 0.103. The first-order valence-corrected chi connectivity index (χ1v) is 10.6. The van der Waals surface area contributed by atoms with Crippen molar-refractivity contribution >= 4 is 35.0 Å². The van der Waals surface area contributed by atoms with E-state index in [2.05, 4.69) is 15.7 Å². The maximum atomic E-state index is 12.7. The Bertz CT molecular complexity index is 1090. The van der Waals surface area contributed by atoms with Gasteiger partial charge < -0.3 is 15.5 Å². The van der Waals surface area contributed by atoms with Gasteiger partial charge in [-0.1, -0.05) is 41.9 Å². The third-order valence-electron chi connectivity index (χ3n) is 5.51. The lowest BCUT2D eigenvalue weighted by Crippen LogP contribution is -2.41. The molecule has 1 aliphatic rings. The summed E-state index contributed by atoms with van der Waals surface area (Å²) >= 11 is 6.13. The number of piperidine rings is 1. The zero-order chi connectivity index (χ0) is 21.8. The fourth-order valence-corrected chi connectivity index (χ4v) is 3.97. The lowest BCUT2D eigenvalue weighted by Gasteiger charge is -2.32. The highest BCUT2D eigenvalue weighted by molar-refractivity contribution is 6.33. The summed E-state index contributed by atoms with van der Waals surface area (Å²) in [6, 6.07) is 16.4. The lowest BCUT2D eigenvalue weighted by molar-refractivity contribution is 0.102. The van der Waals surface area contributed by atoms with Gasteiger partial charge in [0.15, 0.2) is 0 Å². The smallest absolute Gasteiger partial charge is 0.321 e. The number of urea groups is 1. The topological polar surface area (TPSA) is 79.3 Å². The molecule has 1 aromatic heterocycles. The average Bonchev–Trinajstić information content (AvgIpc) is 3.23. The van der Waals surface area contributed by atoms with Gasteiger partial charge in [0.1, 0.15) is 5.82 Å². The Morgan fingerprint density at radius 2 is 1.71 bits per heavy atom. The number of aryl methyl sites for hydroxylation is 1. The zero-order valence-corrected chi connectivity index (χ0v) is 18.0. The molecule has 0 atom stereocenters. The number of hydrogen-bond donors (Lipinski definition) is 2. The zero-order valence-electron chi connectivity index (χ0n) is 17.2. The van der Waals surface area contributed by atoms with Crippen molar-refractivity contribution in [1.29, 1.82) is 0 Å². The lowest BCUT2D eigenvalue weighted by atomic mass is 10.1. The van der Waals surface area contributed by atoms with E-state index in [1.165, 1.54) is 0 Å². The summed E-state index contributed by atoms with van der Waals surface area (Å²) in [6.07, 6.45) is 3.17. The van der Waals surface area contributed by atoms with Crippen LogP contribution < -0.4 is 10.6 Å². The largest absolute Gasteiger partial charge is 0.324 e. The number of benzene rings is 2. The number of amides is 3. The van der Waals surface area contributed by atoms with E-state index in [0.29, 0.717) is 35.2 Å². The maximum absolute atomic E-state index is 12.7. The molecule has 1 fully saturated rings. The molecule has 0 saturated carbocycles. The Morgan fingerprint density at radius 1 is 1.00 bits per heavy atom. The van der Waals surface area contributed by atoms with E-state index < -0.39 is 0 Å². The van der Waals surface area contributed by atoms with Crippen molar-refractivity contribution in [1.82, 2.24) is 14.7 Å². The van der Waals surface area contributed by atoms with Gasteiger partial charge >= 0.3 is 6.03 Å². The molecule has 2 heterocycles. The van der Waals surface area contributed by atoms with E-state index in [-0.39, 0.29) is 18.0 Å². The van der Waals surface area contributed by atoms with Gasteiger partial charge in [-0.25, -0.2) is 9.48 Å². The summed E-state index contributed by atoms with van der Waals surface area (Å²) in [7, 11) is 0. The van der Waals surface area contributed by atoms with Crippen molar-refractivity contribution in [2.75, 3.05) is 23.7 Å². The molecule has 0 spiro atoms. The Morgan fingerprint density at radius 3 is 2.45 bits per heavy atom. The molecule has 0 bridgehead atoms. The second-order valence-corrected chi connectivity index (χ2v) is 7.97. The molecule has 3 amide bonds. The maximum Gasteiger partial charge on any atom is 0.321 e. The van der Waals surface area contributed by atoms with Crippen LogP contribution in [0.2, 0.25) is 5.02 Å². The van der Waals surface area contributed by atoms with E-state index in [0.717, 1.165) is 18.4 Å². The third kappa shape index (κ3) is 4.72. The fraction of sp³-hybridized carbons (Fsp3) is 0.261. The van der Waals surface area contributed by atoms with Crippen LogP contribution in [-0.2, 0) is 0 Å². The van der Waals surface area contributed by atoms with Crippen LogP contribution in [-0.4, -0.2) is 39.7 Å². The average molecular weight is 438 g/mol. The summed E-state index contributed by atoms with van der Waals surface area (Å²) in [4.78, 5) is 27.0. The van der Waals surface area contributed by atoms with Gasteiger partial charge in [0.2, 0.25) is 0 Å². The number of halogens is 1. The van der Waals surface area contributed by atoms with Crippen molar-refractivity contribution in [3.8, 4) is 0 Å². The van der Waals surface area contributed by atoms with Crippen molar-refractivity contribution < 1.29 is 9.59 Å². The number of hydrogen-bond acceptors (Lipinski definition) is 3. The Kier molecular flexibility index (Phi) is 6.23. The van der Waals surface area contributed by atoms with Gasteiger partial charge in [-0.15, -0.1) is 0 Å². The van der Waals surface area contributed by atoms with Gasteiger partial charge in [0, 0.05) is 24.7 Å². The molecule has 3 aromatic rings. The number of nitrogens with zero attached hydrogens (tertiary/aromatic N) is 3. The van der Waals surface area contributed by atoms with Crippen LogP contribution in [0.25, 0.3) is 0 Å². The molecule has 160 valence electrons. The molecule has 2 N–H and O–H groups in total. The molecule has 8 heteroatoms. The van der Waals surface area contributed by atoms with E-state index >= 15 is 0 Å². The molecule has 0 unspecified atom stereocenters. The molecular formula is C23H24ClN5O2. The molecule has 2 aromatic carbocycles. The Hall–Kier alpha value is -3.32. The van der Waals surface area contributed by atoms with E-state index in [9.17, 15) is 9.59 Å². The summed E-state index contributed by atoms with van der Waals surface area (Å²) in [5.41, 5.74) is 2.16. The van der Waals surface area contributed by atoms with E-state index in [4.69, 9.17) is 11.6 Å². The van der Waals surface area contributed by atoms with Crippen LogP contribution in [0, 0.1) is 6.92 Å². The normalized spacial score (nSPS) is 14.3. The summed E-state index contributed by atoms with van der Waals surface area (Å²) in [5.74, 6) is 0.503. The summed E-state index contributed by atoms with van der Waals surface area (Å²) < 4.78 is 1.85. The first-order chi connectivity index (χ1) is 15.0. The quantitative estimate of drug-likeness (QED) is 0.605. The summed E-state index contributed by atoms with van der Waals surface area (Å²) in [6.45, 7) is 3.09. The van der Waals surface area contributed by atoms with Crippen LogP contribution in [0.3, 0.4) is 0 Å². The molecule has 1 saturated heterocycles. The minimum atomic E-state index is -0.167. The highest BCUT2D eigenvalue weighted by atomic mass is 35.5. The number of aromatic nitrogens is 2. The molecule has 0 aliphatic carbocycles. The number of carbonyl (C=O) groups is 2. The van der Waals surface area contributed by atoms with Gasteiger partial charge in [-0.3, -0.25) is 4.79 Å². The van der Waals surface area contributed by atoms with Gasteiger partial charge in [0.05, 0.1) is 22.9 Å². The molecule has 0 radical (unpaired) electrons. The molecular weight excluding hydrogens is 414 g/mol. The number of nitrogens with one attached hydrogen (secondary N) is 2. The third-order valence-corrected chi connectivity index (χ3v) is 5.84. The monoisotopic (exact) mass is 437 g/mol. The number of rotatable bonds is 4. The van der Waals surface area contributed by atoms with Crippen LogP contribution in [0.4, 0.5) is 16.3 Å². The van der Waals surface area contributed by atoms with E-state index in [1.807, 2.05) is 48.0 Å². The molecule has 1 aliphatic heterocycles. The minimum Gasteiger partial charge on any atom is -0.324 e. The highest BCUT2D eigenvalue weighted by Crippen LogP contribution is 2.27. The molecule has 31 heavy (non-hydrogen) atoms. The van der Waals surface area contributed by atoms with Crippen molar-refractivity contribution in [2.24, 2.45) is 0 Å². The van der Waals surface area contributed by atoms with Gasteiger partial charge in [-0.05, 0) is 43.5 Å². The van der Waals surface area contributed by atoms with Crippen LogP contribution in [0.15, 0.2) is 60.8 Å². The fourth-order valence-electron chi connectivity index (χ4n) is 3.79. The molecule has 7 nitrogen and oxygen atoms in total. The first-order valence-electron chi connectivity index (χ1n) is 10.2. The van der Waals surface area contributed by atoms with Crippen molar-refractivity contribution in [3.63, 3.8) is 0 Å². The Labute approximate surface area is 186 Å². The SMILES string of the molecule is Cc1ccccc1C(=O)Nc1ccnn1C1CCN(C(=O)Nc2ccccc2Cl)CC1. The number of anilines is 2. The number of para-hydroxylation sites is 1. The van der Waals surface area contributed by atoms with Gasteiger partial charge in [-0.2, -0.15) is 5.10 Å². The number of likely N-dealkylation sites (tertiary alicyclic amines) is 1. The second kappa shape index (κ2) is 9.22. The molecule has 4 rings (SSSR count). The van der Waals surface area contributed by atoms with Crippen LogP contribution >= 0.6 is 11.6 Å². The Balaban J connectivity index is 1.37. The second-order valence-electron chi connectivity index (χ2n) is 7.56. The predicted molar refractivity (Wildman–Crippen MR) is 122 cm³/mol. The standard InChI is InChI=1S/C23H24ClN5O2/c1-16-6-2-3-7-18(16)22(30)27-21-10-13-25-29(21)17-11-14-28(15-12-17)23(31)26-20-9-5-4-8-19(20)24/h2-10,13,17H,11-12,14-15H2,1H3,(H,26,31)(H,27,30). The number of carbonyl (C=O) groups excluding carboxylic acids is 2. The van der Waals surface area contributed by atoms with Crippen molar-refractivity contribution in [3.05, 3.63) is 76.9 Å².